The Hall–Kier alpha value is -2.68. The molecule has 0 radical (unpaired) electrons. The highest BCUT2D eigenvalue weighted by atomic mass is 32.2. The Morgan fingerprint density at radius 2 is 1.69 bits per heavy atom. The van der Waals surface area contributed by atoms with Crippen molar-refractivity contribution in [2.75, 3.05) is 4.72 Å². The number of fused-ring (bicyclic) bond motifs is 1. The number of hydrogen-bond acceptors (Lipinski definition) is 3. The number of aromatic nitrogens is 1. The number of nitrogens with one attached hydrogen (secondary N) is 2. The van der Waals surface area contributed by atoms with Crippen LogP contribution >= 0.6 is 0 Å². The molecule has 138 valence electrons. The monoisotopic (exact) mass is 384 g/mol. The lowest BCUT2D eigenvalue weighted by atomic mass is 10.1. The first-order valence-corrected chi connectivity index (χ1v) is 9.02. The number of hydrogen-bond donors (Lipinski definition) is 2. The van der Waals surface area contributed by atoms with Crippen LogP contribution in [0.3, 0.4) is 0 Å². The standard InChI is InChI=1S/C17H15F3N2O3S/c1-10-11(2)21-16-14(10)4-3-5-15(16)22-26(23,24)13-8-6-12(7-9-13)25-17(18,19)20/h3-9,21-22H,1-2H3. The van der Waals surface area contributed by atoms with Gasteiger partial charge in [-0.05, 0) is 49.7 Å². The first-order chi connectivity index (χ1) is 12.1. The Bertz CT molecular complexity index is 1060. The zero-order chi connectivity index (χ0) is 19.1. The molecule has 26 heavy (non-hydrogen) atoms. The van der Waals surface area contributed by atoms with Gasteiger partial charge in [0, 0.05) is 11.1 Å². The maximum atomic E-state index is 12.5. The van der Waals surface area contributed by atoms with Crippen LogP contribution in [0, 0.1) is 13.8 Å². The molecule has 0 aliphatic carbocycles. The van der Waals surface area contributed by atoms with Crippen molar-refractivity contribution in [1.82, 2.24) is 4.98 Å². The van der Waals surface area contributed by atoms with Crippen molar-refractivity contribution in [2.45, 2.75) is 25.1 Å². The zero-order valence-corrected chi connectivity index (χ0v) is 14.6. The summed E-state index contributed by atoms with van der Waals surface area (Å²) in [6.45, 7) is 3.80. The predicted molar refractivity (Wildman–Crippen MR) is 91.7 cm³/mol. The summed E-state index contributed by atoms with van der Waals surface area (Å²) in [6.07, 6.45) is -4.84. The minimum atomic E-state index is -4.84. The summed E-state index contributed by atoms with van der Waals surface area (Å²) >= 11 is 0. The second-order valence-electron chi connectivity index (χ2n) is 5.73. The Labute approximate surface area is 147 Å². The van der Waals surface area contributed by atoms with E-state index in [0.717, 1.165) is 40.9 Å². The molecule has 0 atom stereocenters. The van der Waals surface area contributed by atoms with Gasteiger partial charge in [-0.25, -0.2) is 8.42 Å². The van der Waals surface area contributed by atoms with Gasteiger partial charge in [-0.15, -0.1) is 13.2 Å². The molecule has 0 saturated heterocycles. The Morgan fingerprint density at radius 3 is 2.31 bits per heavy atom. The second kappa shape index (κ2) is 6.24. The number of aromatic amines is 1. The Kier molecular flexibility index (Phi) is 4.35. The van der Waals surface area contributed by atoms with Gasteiger partial charge in [0.2, 0.25) is 0 Å². The second-order valence-corrected chi connectivity index (χ2v) is 7.41. The summed E-state index contributed by atoms with van der Waals surface area (Å²) in [7, 11) is -3.98. The first kappa shape index (κ1) is 18.1. The number of ether oxygens (including phenoxy) is 1. The fourth-order valence-corrected chi connectivity index (χ4v) is 3.66. The molecule has 3 rings (SSSR count). The summed E-state index contributed by atoms with van der Waals surface area (Å²) in [5.41, 5.74) is 2.92. The van der Waals surface area contributed by atoms with Gasteiger partial charge >= 0.3 is 6.36 Å². The van der Waals surface area contributed by atoms with Crippen molar-refractivity contribution in [3.05, 3.63) is 53.7 Å². The van der Waals surface area contributed by atoms with Gasteiger partial charge in [0.1, 0.15) is 5.75 Å². The number of halogens is 3. The lowest BCUT2D eigenvalue weighted by Crippen LogP contribution is -2.17. The van der Waals surface area contributed by atoms with Gasteiger partial charge in [-0.1, -0.05) is 12.1 Å². The molecule has 1 aromatic heterocycles. The van der Waals surface area contributed by atoms with Crippen molar-refractivity contribution in [2.24, 2.45) is 0 Å². The van der Waals surface area contributed by atoms with Crippen LogP contribution in [0.25, 0.3) is 10.9 Å². The molecule has 3 aromatic rings. The fourth-order valence-electron chi connectivity index (χ4n) is 2.59. The highest BCUT2D eigenvalue weighted by Gasteiger charge is 2.31. The smallest absolute Gasteiger partial charge is 0.406 e. The van der Waals surface area contributed by atoms with Crippen molar-refractivity contribution >= 4 is 26.6 Å². The molecule has 0 unspecified atom stereocenters. The molecular formula is C17H15F3N2O3S. The lowest BCUT2D eigenvalue weighted by molar-refractivity contribution is -0.274. The van der Waals surface area contributed by atoms with Crippen LogP contribution < -0.4 is 9.46 Å². The quantitative estimate of drug-likeness (QED) is 0.697. The number of sulfonamides is 1. The van der Waals surface area contributed by atoms with E-state index in [1.54, 1.807) is 12.1 Å². The third-order valence-electron chi connectivity index (χ3n) is 3.96. The van der Waals surface area contributed by atoms with E-state index < -0.39 is 22.1 Å². The number of H-pyrrole nitrogens is 1. The van der Waals surface area contributed by atoms with Crippen LogP contribution in [0.15, 0.2) is 47.4 Å². The number of para-hydroxylation sites is 1. The predicted octanol–water partition coefficient (Wildman–Crippen LogP) is 4.48. The van der Waals surface area contributed by atoms with Crippen LogP contribution in [0.2, 0.25) is 0 Å². The molecule has 0 saturated carbocycles. The normalized spacial score (nSPS) is 12.3. The molecule has 0 aliphatic rings. The number of aryl methyl sites for hydroxylation is 2. The van der Waals surface area contributed by atoms with Crippen LogP contribution in [0.5, 0.6) is 5.75 Å². The van der Waals surface area contributed by atoms with Gasteiger partial charge in [0.25, 0.3) is 10.0 Å². The molecule has 0 amide bonds. The minimum absolute atomic E-state index is 0.177. The summed E-state index contributed by atoms with van der Waals surface area (Å²) in [5.74, 6) is -0.492. The minimum Gasteiger partial charge on any atom is -0.406 e. The van der Waals surface area contributed by atoms with Gasteiger partial charge in [-0.2, -0.15) is 0 Å². The van der Waals surface area contributed by atoms with Crippen LogP contribution in [-0.4, -0.2) is 19.8 Å². The topological polar surface area (TPSA) is 71.2 Å². The van der Waals surface area contributed by atoms with E-state index in [1.165, 1.54) is 0 Å². The summed E-state index contributed by atoms with van der Waals surface area (Å²) in [6, 6.07) is 9.20. The maximum absolute atomic E-state index is 12.5. The average molecular weight is 384 g/mol. The summed E-state index contributed by atoms with van der Waals surface area (Å²) in [4.78, 5) is 2.96. The van der Waals surface area contributed by atoms with E-state index >= 15 is 0 Å². The molecule has 2 N–H and O–H groups in total. The maximum Gasteiger partial charge on any atom is 0.573 e. The van der Waals surface area contributed by atoms with E-state index in [-0.39, 0.29) is 4.90 Å². The molecule has 2 aromatic carbocycles. The summed E-state index contributed by atoms with van der Waals surface area (Å²) < 4.78 is 67.9. The third-order valence-corrected chi connectivity index (χ3v) is 5.34. The molecule has 9 heteroatoms. The molecule has 1 heterocycles. The number of anilines is 1. The lowest BCUT2D eigenvalue weighted by Gasteiger charge is -2.11. The third kappa shape index (κ3) is 3.62. The number of benzene rings is 2. The van der Waals surface area contributed by atoms with Crippen LogP contribution in [0.1, 0.15) is 11.3 Å². The van der Waals surface area contributed by atoms with Gasteiger partial charge in [-0.3, -0.25) is 4.72 Å². The first-order valence-electron chi connectivity index (χ1n) is 7.53. The Balaban J connectivity index is 1.91. The Morgan fingerprint density at radius 1 is 1.04 bits per heavy atom. The van der Waals surface area contributed by atoms with E-state index in [2.05, 4.69) is 14.4 Å². The average Bonchev–Trinajstić information content (AvgIpc) is 2.83. The number of alkyl halides is 3. The number of rotatable bonds is 4. The SMILES string of the molecule is Cc1[nH]c2c(NS(=O)(=O)c3ccc(OC(F)(F)F)cc3)cccc2c1C. The zero-order valence-electron chi connectivity index (χ0n) is 13.8. The van der Waals surface area contributed by atoms with Gasteiger partial charge in [0.05, 0.1) is 16.1 Å². The molecule has 0 spiro atoms. The van der Waals surface area contributed by atoms with Gasteiger partial charge in [0.15, 0.2) is 0 Å². The highest BCUT2D eigenvalue weighted by molar-refractivity contribution is 7.92. The van der Waals surface area contributed by atoms with Crippen molar-refractivity contribution in [3.8, 4) is 5.75 Å². The molecule has 5 nitrogen and oxygen atoms in total. The summed E-state index contributed by atoms with van der Waals surface area (Å²) in [5, 5.41) is 0.886. The van der Waals surface area contributed by atoms with E-state index in [1.807, 2.05) is 19.9 Å². The molecule has 0 bridgehead atoms. The van der Waals surface area contributed by atoms with Crippen LogP contribution in [-0.2, 0) is 10.0 Å². The van der Waals surface area contributed by atoms with Crippen molar-refractivity contribution < 1.29 is 26.3 Å². The van der Waals surface area contributed by atoms with E-state index in [4.69, 9.17) is 0 Å². The molecule has 0 fully saturated rings. The largest absolute Gasteiger partial charge is 0.573 e. The van der Waals surface area contributed by atoms with Crippen molar-refractivity contribution in [1.29, 1.82) is 0 Å². The molecular weight excluding hydrogens is 369 g/mol. The molecule has 0 aliphatic heterocycles. The van der Waals surface area contributed by atoms with E-state index in [9.17, 15) is 21.6 Å². The van der Waals surface area contributed by atoms with Gasteiger partial charge < -0.3 is 9.72 Å². The van der Waals surface area contributed by atoms with Crippen LogP contribution in [0.4, 0.5) is 18.9 Å². The van der Waals surface area contributed by atoms with Crippen molar-refractivity contribution in [3.63, 3.8) is 0 Å². The van der Waals surface area contributed by atoms with E-state index in [0.29, 0.717) is 11.2 Å². The fraction of sp³-hybridized carbons (Fsp3) is 0.176. The highest BCUT2D eigenvalue weighted by Crippen LogP contribution is 2.30.